The van der Waals surface area contributed by atoms with E-state index in [4.69, 9.17) is 5.53 Å². The van der Waals surface area contributed by atoms with Crippen LogP contribution in [0.3, 0.4) is 0 Å². The summed E-state index contributed by atoms with van der Waals surface area (Å²) in [5, 5.41) is 3.64. The highest BCUT2D eigenvalue weighted by atomic mass is 32.2. The Labute approximate surface area is 157 Å². The van der Waals surface area contributed by atoms with Crippen molar-refractivity contribution in [3.63, 3.8) is 0 Å². The molecule has 144 valence electrons. The van der Waals surface area contributed by atoms with Crippen molar-refractivity contribution in [2.75, 3.05) is 0 Å². The third-order valence-corrected chi connectivity index (χ3v) is 5.03. The van der Waals surface area contributed by atoms with Gasteiger partial charge >= 0.3 is 6.18 Å². The number of aromatic nitrogens is 2. The van der Waals surface area contributed by atoms with Gasteiger partial charge in [-0.15, -0.1) is 0 Å². The molecule has 0 aliphatic rings. The van der Waals surface area contributed by atoms with Crippen molar-refractivity contribution in [1.82, 2.24) is 9.78 Å². The van der Waals surface area contributed by atoms with Crippen LogP contribution in [0.25, 0.3) is 27.4 Å². The van der Waals surface area contributed by atoms with Crippen LogP contribution in [-0.2, 0) is 16.2 Å². The maximum Gasteiger partial charge on any atom is 0.435 e. The largest absolute Gasteiger partial charge is 0.435 e. The summed E-state index contributed by atoms with van der Waals surface area (Å²) in [6, 6.07) is 12.6. The van der Waals surface area contributed by atoms with Crippen LogP contribution in [0.5, 0.6) is 0 Å². The lowest BCUT2D eigenvalue weighted by atomic mass is 10.1. The molecule has 1 heterocycles. The van der Waals surface area contributed by atoms with Crippen molar-refractivity contribution in [3.05, 3.63) is 76.3 Å². The van der Waals surface area contributed by atoms with Gasteiger partial charge in [-0.05, 0) is 42.8 Å². The Hall–Kier alpha value is -3.30. The maximum atomic E-state index is 13.2. The summed E-state index contributed by atoms with van der Waals surface area (Å²) in [5.74, 6) is 0. The van der Waals surface area contributed by atoms with Crippen molar-refractivity contribution in [3.8, 4) is 16.9 Å². The molecule has 0 aliphatic carbocycles. The Morgan fingerprint density at radius 2 is 1.68 bits per heavy atom. The van der Waals surface area contributed by atoms with Crippen molar-refractivity contribution < 1.29 is 21.6 Å². The van der Waals surface area contributed by atoms with Crippen LogP contribution >= 0.6 is 0 Å². The summed E-state index contributed by atoms with van der Waals surface area (Å²) in [4.78, 5) is 1.97. The number of halogens is 3. The number of azide groups is 1. The monoisotopic (exact) mass is 407 g/mol. The molecular formula is C17H12F3N5O2S. The summed E-state index contributed by atoms with van der Waals surface area (Å²) in [6.07, 6.45) is -4.64. The fraction of sp³-hybridized carbons (Fsp3) is 0.118. The summed E-state index contributed by atoms with van der Waals surface area (Å²) in [5.41, 5.74) is 9.10. The standard InChI is InChI=1S/C17H12F3N5O2S/c1-11-2-4-12(5-3-11)15-10-16(17(18,19)20)22-25(15)13-6-8-14(9-7-13)28(26,27)24-23-21/h2-10H,1H3. The van der Waals surface area contributed by atoms with Gasteiger partial charge in [0, 0.05) is 15.0 Å². The van der Waals surface area contributed by atoms with E-state index >= 15 is 0 Å². The van der Waals surface area contributed by atoms with Crippen LogP contribution < -0.4 is 0 Å². The molecule has 0 aliphatic heterocycles. The van der Waals surface area contributed by atoms with Gasteiger partial charge in [0.05, 0.1) is 16.3 Å². The van der Waals surface area contributed by atoms with Gasteiger partial charge in [0.25, 0.3) is 10.0 Å². The highest BCUT2D eigenvalue weighted by Gasteiger charge is 2.35. The van der Waals surface area contributed by atoms with Gasteiger partial charge in [-0.1, -0.05) is 29.8 Å². The minimum Gasteiger partial charge on any atom is -0.233 e. The summed E-state index contributed by atoms with van der Waals surface area (Å²) >= 11 is 0. The summed E-state index contributed by atoms with van der Waals surface area (Å²) < 4.78 is 66.8. The summed E-state index contributed by atoms with van der Waals surface area (Å²) in [7, 11) is -4.20. The molecule has 11 heteroatoms. The van der Waals surface area contributed by atoms with Crippen LogP contribution in [0, 0.1) is 6.92 Å². The molecule has 2 aromatic carbocycles. The van der Waals surface area contributed by atoms with Gasteiger partial charge in [0.15, 0.2) is 5.69 Å². The molecule has 0 saturated heterocycles. The fourth-order valence-electron chi connectivity index (χ4n) is 2.50. The first-order chi connectivity index (χ1) is 13.1. The van der Waals surface area contributed by atoms with E-state index in [1.54, 1.807) is 24.3 Å². The maximum absolute atomic E-state index is 13.2. The molecular weight excluding hydrogens is 395 g/mol. The SMILES string of the molecule is Cc1ccc(-c2cc(C(F)(F)F)nn2-c2ccc(S(=O)(=O)N=[N+]=[N-])cc2)cc1. The van der Waals surface area contributed by atoms with Crippen LogP contribution in [0.4, 0.5) is 13.2 Å². The topological polar surface area (TPSA) is 101 Å². The van der Waals surface area contributed by atoms with Crippen molar-refractivity contribution in [2.24, 2.45) is 4.52 Å². The summed E-state index contributed by atoms with van der Waals surface area (Å²) in [6.45, 7) is 1.85. The Kier molecular flexibility index (Phi) is 4.88. The van der Waals surface area contributed by atoms with Crippen molar-refractivity contribution in [2.45, 2.75) is 18.0 Å². The fourth-order valence-corrected chi connectivity index (χ4v) is 3.17. The molecule has 1 aromatic heterocycles. The van der Waals surface area contributed by atoms with E-state index in [-0.39, 0.29) is 16.3 Å². The van der Waals surface area contributed by atoms with E-state index in [1.807, 2.05) is 6.92 Å². The predicted molar refractivity (Wildman–Crippen MR) is 95.1 cm³/mol. The van der Waals surface area contributed by atoms with Gasteiger partial charge in [-0.25, -0.2) is 13.1 Å². The number of aryl methyl sites for hydroxylation is 1. The quantitative estimate of drug-likeness (QED) is 0.350. The van der Waals surface area contributed by atoms with Crippen molar-refractivity contribution >= 4 is 10.0 Å². The molecule has 0 bridgehead atoms. The normalized spacial score (nSPS) is 11.9. The van der Waals surface area contributed by atoms with E-state index < -0.39 is 21.9 Å². The molecule has 0 saturated carbocycles. The highest BCUT2D eigenvalue weighted by Crippen LogP contribution is 2.33. The second-order valence-corrected chi connectivity index (χ2v) is 7.42. The molecule has 0 unspecified atom stereocenters. The first-order valence-electron chi connectivity index (χ1n) is 7.78. The smallest absolute Gasteiger partial charge is 0.233 e. The molecule has 28 heavy (non-hydrogen) atoms. The van der Waals surface area contributed by atoms with E-state index in [2.05, 4.69) is 14.5 Å². The Bertz CT molecular complexity index is 1160. The number of benzene rings is 2. The zero-order valence-electron chi connectivity index (χ0n) is 14.3. The van der Waals surface area contributed by atoms with Gasteiger partial charge in [-0.3, -0.25) is 0 Å². The average molecular weight is 407 g/mol. The molecule has 0 atom stereocenters. The zero-order valence-corrected chi connectivity index (χ0v) is 15.1. The number of alkyl halides is 3. The predicted octanol–water partition coefficient (Wildman–Crippen LogP) is 4.87. The van der Waals surface area contributed by atoms with Crippen molar-refractivity contribution in [1.29, 1.82) is 0 Å². The zero-order chi connectivity index (χ0) is 20.5. The third-order valence-electron chi connectivity index (χ3n) is 3.87. The van der Waals surface area contributed by atoms with Gasteiger partial charge in [0.1, 0.15) is 0 Å². The van der Waals surface area contributed by atoms with Gasteiger partial charge in [0.2, 0.25) is 0 Å². The first-order valence-corrected chi connectivity index (χ1v) is 9.22. The van der Waals surface area contributed by atoms with Crippen LogP contribution in [-0.4, -0.2) is 18.2 Å². The Balaban J connectivity index is 2.14. The lowest BCUT2D eigenvalue weighted by molar-refractivity contribution is -0.141. The van der Waals surface area contributed by atoms with E-state index in [9.17, 15) is 21.6 Å². The van der Waals surface area contributed by atoms with Gasteiger partial charge in [-0.2, -0.15) is 18.3 Å². The van der Waals surface area contributed by atoms with Gasteiger partial charge < -0.3 is 0 Å². The number of hydrogen-bond donors (Lipinski definition) is 0. The van der Waals surface area contributed by atoms with E-state index in [0.29, 0.717) is 5.56 Å². The molecule has 3 rings (SSSR count). The minimum atomic E-state index is -4.64. The lowest BCUT2D eigenvalue weighted by Crippen LogP contribution is -2.07. The third kappa shape index (κ3) is 3.85. The molecule has 3 aromatic rings. The Morgan fingerprint density at radius 3 is 2.21 bits per heavy atom. The molecule has 0 radical (unpaired) electrons. The first kappa shape index (κ1) is 19.5. The number of nitrogens with zero attached hydrogens (tertiary/aromatic N) is 5. The number of rotatable bonds is 4. The molecule has 7 nitrogen and oxygen atoms in total. The Morgan fingerprint density at radius 1 is 1.07 bits per heavy atom. The second kappa shape index (κ2) is 7.02. The van der Waals surface area contributed by atoms with Crippen LogP contribution in [0.2, 0.25) is 0 Å². The highest BCUT2D eigenvalue weighted by molar-refractivity contribution is 7.90. The average Bonchev–Trinajstić information content (AvgIpc) is 3.08. The lowest BCUT2D eigenvalue weighted by Gasteiger charge is -2.09. The number of hydrogen-bond acceptors (Lipinski definition) is 3. The number of sulfonamides is 1. The van der Waals surface area contributed by atoms with Crippen LogP contribution in [0.1, 0.15) is 11.3 Å². The minimum absolute atomic E-state index is 0.193. The molecule has 0 N–H and O–H groups in total. The second-order valence-electron chi connectivity index (χ2n) is 5.83. The van der Waals surface area contributed by atoms with E-state index in [1.165, 1.54) is 12.1 Å². The van der Waals surface area contributed by atoms with Crippen LogP contribution in [0.15, 0.2) is 64.0 Å². The molecule has 0 spiro atoms. The molecule has 0 fully saturated rings. The van der Waals surface area contributed by atoms with E-state index in [0.717, 1.165) is 28.4 Å². The molecule has 0 amide bonds.